The lowest BCUT2D eigenvalue weighted by atomic mass is 10.2. The fourth-order valence-electron chi connectivity index (χ4n) is 1.80. The van der Waals surface area contributed by atoms with Crippen LogP contribution in [0.5, 0.6) is 0 Å². The predicted octanol–water partition coefficient (Wildman–Crippen LogP) is 2.60. The fourth-order valence-corrected chi connectivity index (χ4v) is 2.31. The van der Waals surface area contributed by atoms with Crippen molar-refractivity contribution >= 4 is 21.9 Å². The van der Waals surface area contributed by atoms with E-state index < -0.39 is 0 Å². The van der Waals surface area contributed by atoms with Crippen molar-refractivity contribution in [3.05, 3.63) is 34.1 Å². The number of esters is 1. The smallest absolute Gasteiger partial charge is 0.306 e. The van der Waals surface area contributed by atoms with Crippen molar-refractivity contribution in [2.24, 2.45) is 0 Å². The highest BCUT2D eigenvalue weighted by molar-refractivity contribution is 9.10. The minimum Gasteiger partial charge on any atom is -0.469 e. The molecule has 0 unspecified atom stereocenters. The molecule has 0 spiro atoms. The Hall–Kier alpha value is -0.980. The Kier molecular flexibility index (Phi) is 7.72. The first kappa shape index (κ1) is 17.1. The van der Waals surface area contributed by atoms with Crippen molar-refractivity contribution < 1.29 is 18.7 Å². The van der Waals surface area contributed by atoms with Gasteiger partial charge < -0.3 is 9.47 Å². The van der Waals surface area contributed by atoms with Crippen LogP contribution in [-0.4, -0.2) is 44.8 Å². The second kappa shape index (κ2) is 9.05. The molecule has 20 heavy (non-hydrogen) atoms. The van der Waals surface area contributed by atoms with Crippen LogP contribution in [0.4, 0.5) is 4.39 Å². The Morgan fingerprint density at radius 3 is 2.65 bits per heavy atom. The summed E-state index contributed by atoms with van der Waals surface area (Å²) in [5.41, 5.74) is 0.845. The van der Waals surface area contributed by atoms with Gasteiger partial charge in [0.1, 0.15) is 5.82 Å². The van der Waals surface area contributed by atoms with E-state index >= 15 is 0 Å². The first-order valence-electron chi connectivity index (χ1n) is 6.28. The lowest BCUT2D eigenvalue weighted by Gasteiger charge is -2.21. The van der Waals surface area contributed by atoms with Gasteiger partial charge in [-0.25, -0.2) is 4.39 Å². The summed E-state index contributed by atoms with van der Waals surface area (Å²) >= 11 is 3.27. The van der Waals surface area contributed by atoms with E-state index in [-0.39, 0.29) is 11.8 Å². The minimum atomic E-state index is -0.283. The third kappa shape index (κ3) is 6.45. The van der Waals surface area contributed by atoms with Gasteiger partial charge in [-0.2, -0.15) is 0 Å². The molecule has 4 nitrogen and oxygen atoms in total. The summed E-state index contributed by atoms with van der Waals surface area (Å²) in [6, 6.07) is 4.77. The zero-order chi connectivity index (χ0) is 15.0. The Bertz CT molecular complexity index is 422. The van der Waals surface area contributed by atoms with E-state index in [0.717, 1.165) is 5.56 Å². The van der Waals surface area contributed by atoms with Crippen LogP contribution >= 0.6 is 15.9 Å². The number of hydrogen-bond acceptors (Lipinski definition) is 4. The summed E-state index contributed by atoms with van der Waals surface area (Å²) in [4.78, 5) is 13.2. The normalized spacial score (nSPS) is 10.8. The maximum absolute atomic E-state index is 13.4. The third-order valence-electron chi connectivity index (χ3n) is 2.80. The van der Waals surface area contributed by atoms with Gasteiger partial charge in [-0.1, -0.05) is 15.9 Å². The molecule has 0 heterocycles. The Labute approximate surface area is 127 Å². The molecule has 0 saturated carbocycles. The van der Waals surface area contributed by atoms with Gasteiger partial charge in [0.15, 0.2) is 0 Å². The van der Waals surface area contributed by atoms with Gasteiger partial charge in [-0.3, -0.25) is 9.69 Å². The third-order valence-corrected chi connectivity index (χ3v) is 3.26. The number of methoxy groups -OCH3 is 2. The van der Waals surface area contributed by atoms with Crippen LogP contribution in [-0.2, 0) is 20.8 Å². The van der Waals surface area contributed by atoms with Crippen LogP contribution in [0.25, 0.3) is 0 Å². The molecule has 0 aliphatic carbocycles. The molecule has 112 valence electrons. The monoisotopic (exact) mass is 347 g/mol. The first-order chi connectivity index (χ1) is 9.55. The molecule has 0 radical (unpaired) electrons. The molecule has 0 aliphatic heterocycles. The summed E-state index contributed by atoms with van der Waals surface area (Å²) in [6.07, 6.45) is 0.302. The fraction of sp³-hybridized carbons (Fsp3) is 0.500. The molecule has 0 bridgehead atoms. The van der Waals surface area contributed by atoms with E-state index in [1.807, 2.05) is 11.0 Å². The second-order valence-electron chi connectivity index (χ2n) is 4.37. The van der Waals surface area contributed by atoms with Crippen LogP contribution in [0.3, 0.4) is 0 Å². The minimum absolute atomic E-state index is 0.257. The van der Waals surface area contributed by atoms with Crippen molar-refractivity contribution in [2.75, 3.05) is 33.9 Å². The number of nitrogens with zero attached hydrogens (tertiary/aromatic N) is 1. The van der Waals surface area contributed by atoms with Crippen LogP contribution in [0.1, 0.15) is 12.0 Å². The molecular weight excluding hydrogens is 329 g/mol. The number of carbonyl (C=O) groups is 1. The molecule has 0 atom stereocenters. The molecule has 0 aromatic heterocycles. The summed E-state index contributed by atoms with van der Waals surface area (Å²) in [6.45, 7) is 2.32. The molecule has 1 aromatic carbocycles. The molecule has 1 aromatic rings. The highest BCUT2D eigenvalue weighted by Crippen LogP contribution is 2.16. The maximum atomic E-state index is 13.4. The number of benzene rings is 1. The van der Waals surface area contributed by atoms with E-state index in [2.05, 4.69) is 20.7 Å². The average molecular weight is 348 g/mol. The lowest BCUT2D eigenvalue weighted by molar-refractivity contribution is -0.141. The molecule has 0 N–H and O–H groups in total. The molecule has 0 amide bonds. The predicted molar refractivity (Wildman–Crippen MR) is 77.9 cm³/mol. The average Bonchev–Trinajstić information content (AvgIpc) is 2.40. The zero-order valence-corrected chi connectivity index (χ0v) is 13.3. The number of halogens is 2. The van der Waals surface area contributed by atoms with Gasteiger partial charge in [0.05, 0.1) is 20.1 Å². The zero-order valence-electron chi connectivity index (χ0n) is 11.7. The quantitative estimate of drug-likeness (QED) is 0.677. The Balaban J connectivity index is 2.64. The number of carbonyl (C=O) groups excluding carboxylic acids is 1. The van der Waals surface area contributed by atoms with E-state index in [1.165, 1.54) is 19.2 Å². The molecule has 0 aliphatic rings. The topological polar surface area (TPSA) is 38.8 Å². The second-order valence-corrected chi connectivity index (χ2v) is 5.29. The number of rotatable bonds is 8. The van der Waals surface area contributed by atoms with E-state index in [4.69, 9.17) is 4.74 Å². The van der Waals surface area contributed by atoms with Crippen molar-refractivity contribution in [2.45, 2.75) is 13.0 Å². The van der Waals surface area contributed by atoms with E-state index in [9.17, 15) is 9.18 Å². The summed E-state index contributed by atoms with van der Waals surface area (Å²) < 4.78 is 23.7. The van der Waals surface area contributed by atoms with E-state index in [1.54, 1.807) is 7.11 Å². The van der Waals surface area contributed by atoms with Gasteiger partial charge in [0.2, 0.25) is 0 Å². The first-order valence-corrected chi connectivity index (χ1v) is 7.07. The van der Waals surface area contributed by atoms with Gasteiger partial charge in [-0.15, -0.1) is 0 Å². The van der Waals surface area contributed by atoms with E-state index in [0.29, 0.717) is 37.1 Å². The highest BCUT2D eigenvalue weighted by Gasteiger charge is 2.10. The van der Waals surface area contributed by atoms with Gasteiger partial charge in [0.25, 0.3) is 0 Å². The standard InChI is InChI=1S/C14H19BrFNO3/c1-19-6-5-17(4-3-14(18)20-2)10-11-7-12(15)9-13(16)8-11/h7-9H,3-6,10H2,1-2H3. The van der Waals surface area contributed by atoms with Crippen molar-refractivity contribution in [1.82, 2.24) is 4.90 Å². The SMILES string of the molecule is COCCN(CCC(=O)OC)Cc1cc(F)cc(Br)c1. The largest absolute Gasteiger partial charge is 0.469 e. The maximum Gasteiger partial charge on any atom is 0.306 e. The summed E-state index contributed by atoms with van der Waals surface area (Å²) in [5, 5.41) is 0. The Morgan fingerprint density at radius 1 is 1.30 bits per heavy atom. The van der Waals surface area contributed by atoms with Gasteiger partial charge in [-0.05, 0) is 23.8 Å². The molecule has 6 heteroatoms. The molecular formula is C14H19BrFNO3. The highest BCUT2D eigenvalue weighted by atomic mass is 79.9. The Morgan fingerprint density at radius 2 is 2.05 bits per heavy atom. The van der Waals surface area contributed by atoms with Crippen molar-refractivity contribution in [3.63, 3.8) is 0 Å². The van der Waals surface area contributed by atoms with Crippen LogP contribution < -0.4 is 0 Å². The molecule has 0 fully saturated rings. The molecule has 1 rings (SSSR count). The number of ether oxygens (including phenoxy) is 2. The van der Waals surface area contributed by atoms with Crippen molar-refractivity contribution in [1.29, 1.82) is 0 Å². The van der Waals surface area contributed by atoms with Crippen molar-refractivity contribution in [3.8, 4) is 0 Å². The summed E-state index contributed by atoms with van der Waals surface area (Å²) in [7, 11) is 2.99. The number of hydrogen-bond donors (Lipinski definition) is 0. The van der Waals surface area contributed by atoms with Crippen LogP contribution in [0.2, 0.25) is 0 Å². The summed E-state index contributed by atoms with van der Waals surface area (Å²) in [5.74, 6) is -0.540. The van der Waals surface area contributed by atoms with Gasteiger partial charge in [0, 0.05) is 31.2 Å². The lowest BCUT2D eigenvalue weighted by Crippen LogP contribution is -2.29. The van der Waals surface area contributed by atoms with Crippen LogP contribution in [0, 0.1) is 5.82 Å². The van der Waals surface area contributed by atoms with Gasteiger partial charge >= 0.3 is 5.97 Å². The van der Waals surface area contributed by atoms with Crippen LogP contribution in [0.15, 0.2) is 22.7 Å². The molecule has 0 saturated heterocycles.